The van der Waals surface area contributed by atoms with Crippen molar-refractivity contribution in [1.29, 1.82) is 0 Å². The minimum absolute atomic E-state index is 0.181. The molecule has 0 saturated carbocycles. The van der Waals surface area contributed by atoms with Crippen molar-refractivity contribution in [2.24, 2.45) is 0 Å². The molecule has 0 heterocycles. The van der Waals surface area contributed by atoms with Crippen LogP contribution in [-0.4, -0.2) is 25.4 Å². The van der Waals surface area contributed by atoms with Gasteiger partial charge in [-0.05, 0) is 25.1 Å². The number of nitro benzene ring substituents is 2. The maximum Gasteiger partial charge on any atom is 0.297 e. The monoisotopic (exact) mass is 367 g/mol. The Morgan fingerprint density at radius 1 is 1.00 bits per heavy atom. The lowest BCUT2D eigenvalue weighted by molar-refractivity contribution is -0.385. The van der Waals surface area contributed by atoms with Crippen LogP contribution in [0.2, 0.25) is 0 Å². The fraction of sp³-hybridized carbons (Fsp3) is 0.143. The maximum absolute atomic E-state index is 12.4. The molecule has 2 aromatic carbocycles. The number of aryl methyl sites for hydroxylation is 1. The van der Waals surface area contributed by atoms with Crippen LogP contribution >= 0.6 is 0 Å². The molecular formula is C14H13N3O7S. The van der Waals surface area contributed by atoms with Crippen LogP contribution in [0.3, 0.4) is 0 Å². The second kappa shape index (κ2) is 6.73. The minimum Gasteiger partial charge on any atom is -0.496 e. The van der Waals surface area contributed by atoms with E-state index in [4.69, 9.17) is 4.74 Å². The van der Waals surface area contributed by atoms with E-state index in [0.717, 1.165) is 12.1 Å². The van der Waals surface area contributed by atoms with Gasteiger partial charge in [-0.1, -0.05) is 6.07 Å². The first-order valence-electron chi connectivity index (χ1n) is 6.76. The highest BCUT2D eigenvalue weighted by atomic mass is 32.2. The van der Waals surface area contributed by atoms with Crippen LogP contribution in [0.4, 0.5) is 17.1 Å². The number of hydrogen-bond donors (Lipinski definition) is 1. The normalized spacial score (nSPS) is 11.0. The molecule has 0 unspecified atom stereocenters. The molecule has 1 N–H and O–H groups in total. The summed E-state index contributed by atoms with van der Waals surface area (Å²) in [5, 5.41) is 22.1. The summed E-state index contributed by atoms with van der Waals surface area (Å²) in [6, 6.07) is 6.96. The van der Waals surface area contributed by atoms with Gasteiger partial charge in [-0.15, -0.1) is 0 Å². The molecule has 132 valence electrons. The van der Waals surface area contributed by atoms with Crippen molar-refractivity contribution in [3.63, 3.8) is 0 Å². The molecule has 0 spiro atoms. The Kier molecular flexibility index (Phi) is 4.88. The first kappa shape index (κ1) is 18.1. The van der Waals surface area contributed by atoms with Gasteiger partial charge in [0.15, 0.2) is 0 Å². The van der Waals surface area contributed by atoms with Crippen molar-refractivity contribution < 1.29 is 23.0 Å². The van der Waals surface area contributed by atoms with Gasteiger partial charge in [-0.25, -0.2) is 8.42 Å². The molecule has 0 saturated heterocycles. The standard InChI is InChI=1S/C14H13N3O7S/c1-9-3-5-11(8-13(9)16(18)19)25(22,23)15-12-6-4-10(24-2)7-14(12)17(20)21/h3-8,15H,1-2H3. The lowest BCUT2D eigenvalue weighted by Gasteiger charge is -2.10. The van der Waals surface area contributed by atoms with Gasteiger partial charge in [0.1, 0.15) is 11.4 Å². The molecule has 2 rings (SSSR count). The second-order valence-corrected chi connectivity index (χ2v) is 6.63. The highest BCUT2D eigenvalue weighted by Crippen LogP contribution is 2.31. The molecule has 10 nitrogen and oxygen atoms in total. The number of anilines is 1. The van der Waals surface area contributed by atoms with Crippen LogP contribution in [0.25, 0.3) is 0 Å². The third kappa shape index (κ3) is 3.83. The topological polar surface area (TPSA) is 142 Å². The van der Waals surface area contributed by atoms with Crippen LogP contribution in [-0.2, 0) is 10.0 Å². The Labute approximate surface area is 142 Å². The zero-order valence-corrected chi connectivity index (χ0v) is 13.9. The zero-order valence-electron chi connectivity index (χ0n) is 13.1. The summed E-state index contributed by atoms with van der Waals surface area (Å²) in [5.41, 5.74) is -0.870. The summed E-state index contributed by atoms with van der Waals surface area (Å²) >= 11 is 0. The number of sulfonamides is 1. The SMILES string of the molecule is COc1ccc(NS(=O)(=O)c2ccc(C)c([N+](=O)[O-])c2)c([N+](=O)[O-])c1. The number of nitrogens with one attached hydrogen (secondary N) is 1. The van der Waals surface area contributed by atoms with Crippen LogP contribution < -0.4 is 9.46 Å². The van der Waals surface area contributed by atoms with E-state index in [2.05, 4.69) is 4.72 Å². The molecule has 25 heavy (non-hydrogen) atoms. The molecule has 0 atom stereocenters. The van der Waals surface area contributed by atoms with Gasteiger partial charge in [-0.2, -0.15) is 0 Å². The van der Waals surface area contributed by atoms with Crippen molar-refractivity contribution >= 4 is 27.1 Å². The summed E-state index contributed by atoms with van der Waals surface area (Å²) < 4.78 is 31.8. The average Bonchev–Trinajstić information content (AvgIpc) is 2.54. The van der Waals surface area contributed by atoms with E-state index in [-0.39, 0.29) is 22.0 Å². The Morgan fingerprint density at radius 3 is 2.20 bits per heavy atom. The zero-order chi connectivity index (χ0) is 18.8. The largest absolute Gasteiger partial charge is 0.496 e. The lowest BCUT2D eigenvalue weighted by atomic mass is 10.2. The van der Waals surface area contributed by atoms with Gasteiger partial charge >= 0.3 is 0 Å². The molecular weight excluding hydrogens is 354 g/mol. The average molecular weight is 367 g/mol. The van der Waals surface area contributed by atoms with E-state index in [1.807, 2.05) is 0 Å². The van der Waals surface area contributed by atoms with Crippen LogP contribution in [0.5, 0.6) is 5.75 Å². The summed E-state index contributed by atoms with van der Waals surface area (Å²) in [7, 11) is -2.95. The van der Waals surface area contributed by atoms with E-state index in [9.17, 15) is 28.6 Å². The summed E-state index contributed by atoms with van der Waals surface area (Å²) in [6.45, 7) is 1.47. The fourth-order valence-corrected chi connectivity index (χ4v) is 3.13. The number of hydrogen-bond acceptors (Lipinski definition) is 7. The van der Waals surface area contributed by atoms with Crippen LogP contribution in [0.15, 0.2) is 41.3 Å². The third-order valence-corrected chi connectivity index (χ3v) is 4.70. The molecule has 0 bridgehead atoms. The third-order valence-electron chi connectivity index (χ3n) is 3.33. The van der Waals surface area contributed by atoms with E-state index in [1.165, 1.54) is 38.3 Å². The number of rotatable bonds is 6. The quantitative estimate of drug-likeness (QED) is 0.611. The van der Waals surface area contributed by atoms with Crippen molar-refractivity contribution in [3.8, 4) is 5.75 Å². The maximum atomic E-state index is 12.4. The molecule has 11 heteroatoms. The molecule has 0 aromatic heterocycles. The van der Waals surface area contributed by atoms with E-state index < -0.39 is 25.6 Å². The van der Waals surface area contributed by atoms with Gasteiger partial charge in [0.25, 0.3) is 21.4 Å². The minimum atomic E-state index is -4.26. The highest BCUT2D eigenvalue weighted by Gasteiger charge is 2.24. The second-order valence-electron chi connectivity index (χ2n) is 4.95. The molecule has 0 radical (unpaired) electrons. The molecule has 0 aliphatic rings. The Bertz CT molecular complexity index is 957. The summed E-state index contributed by atoms with van der Waals surface area (Å²) in [5.74, 6) is 0.181. The van der Waals surface area contributed by atoms with Crippen molar-refractivity contribution in [2.75, 3.05) is 11.8 Å². The van der Waals surface area contributed by atoms with Crippen molar-refractivity contribution in [3.05, 3.63) is 62.2 Å². The van der Waals surface area contributed by atoms with Crippen molar-refractivity contribution in [1.82, 2.24) is 0 Å². The first-order chi connectivity index (χ1) is 11.7. The van der Waals surface area contributed by atoms with E-state index in [1.54, 1.807) is 0 Å². The van der Waals surface area contributed by atoms with E-state index in [0.29, 0.717) is 5.56 Å². The summed E-state index contributed by atoms with van der Waals surface area (Å²) in [6.07, 6.45) is 0. The predicted molar refractivity (Wildman–Crippen MR) is 88.3 cm³/mol. The smallest absolute Gasteiger partial charge is 0.297 e. The van der Waals surface area contributed by atoms with Gasteiger partial charge < -0.3 is 4.74 Å². The number of methoxy groups -OCH3 is 1. The Morgan fingerprint density at radius 2 is 1.64 bits per heavy atom. The first-order valence-corrected chi connectivity index (χ1v) is 8.24. The van der Waals surface area contributed by atoms with Gasteiger partial charge in [-0.3, -0.25) is 25.0 Å². The molecule has 0 amide bonds. The number of ether oxygens (including phenoxy) is 1. The van der Waals surface area contributed by atoms with Gasteiger partial charge in [0, 0.05) is 11.6 Å². The fourth-order valence-electron chi connectivity index (χ4n) is 2.03. The van der Waals surface area contributed by atoms with E-state index >= 15 is 0 Å². The molecule has 0 aliphatic heterocycles. The van der Waals surface area contributed by atoms with Crippen molar-refractivity contribution in [2.45, 2.75) is 11.8 Å². The Balaban J connectivity index is 2.48. The molecule has 0 fully saturated rings. The number of nitro groups is 2. The molecule has 2 aromatic rings. The van der Waals surface area contributed by atoms with Crippen LogP contribution in [0, 0.1) is 27.2 Å². The predicted octanol–water partition coefficient (Wildman–Crippen LogP) is 2.62. The summed E-state index contributed by atoms with van der Waals surface area (Å²) in [4.78, 5) is 20.2. The molecule has 0 aliphatic carbocycles. The Hall–Kier alpha value is -3.21. The van der Waals surface area contributed by atoms with Gasteiger partial charge in [0.05, 0.1) is 27.9 Å². The van der Waals surface area contributed by atoms with Gasteiger partial charge in [0.2, 0.25) is 0 Å². The number of benzene rings is 2. The number of nitrogens with zero attached hydrogens (tertiary/aromatic N) is 2. The lowest BCUT2D eigenvalue weighted by Crippen LogP contribution is -2.14. The highest BCUT2D eigenvalue weighted by molar-refractivity contribution is 7.92. The van der Waals surface area contributed by atoms with Crippen LogP contribution in [0.1, 0.15) is 5.56 Å².